The van der Waals surface area contributed by atoms with Gasteiger partial charge in [-0.05, 0) is 40.0 Å². The third-order valence-corrected chi connectivity index (χ3v) is 5.87. The molecule has 2 heterocycles. The minimum Gasteiger partial charge on any atom is -0.378 e. The molecule has 0 unspecified atom stereocenters. The maximum atomic E-state index is 12.2. The zero-order chi connectivity index (χ0) is 21.6. The molecule has 0 atom stereocenters. The molecule has 174 valence electrons. The fourth-order valence-corrected chi connectivity index (χ4v) is 3.92. The number of unbranched alkanes of at least 4 members (excludes halogenated alkanes) is 5. The molecule has 2 rings (SSSR count). The summed E-state index contributed by atoms with van der Waals surface area (Å²) in [7, 11) is 4.07. The highest BCUT2D eigenvalue weighted by Crippen LogP contribution is 2.07. The van der Waals surface area contributed by atoms with E-state index >= 15 is 0 Å². The number of carbonyl (C=O) groups is 2. The van der Waals surface area contributed by atoms with E-state index in [0.717, 1.165) is 52.1 Å². The molecule has 2 aliphatic heterocycles. The summed E-state index contributed by atoms with van der Waals surface area (Å²) >= 11 is 0. The van der Waals surface area contributed by atoms with Crippen molar-refractivity contribution >= 4 is 11.8 Å². The summed E-state index contributed by atoms with van der Waals surface area (Å²) in [4.78, 5) is 32.5. The Morgan fingerprint density at radius 2 is 0.967 bits per heavy atom. The van der Waals surface area contributed by atoms with Crippen LogP contribution in [-0.2, 0) is 19.1 Å². The SMILES string of the molecule is CN(CCCCCCCCN(C)CC(=O)N1CCOCC1)CC(=O)N1CCOCC1. The Labute approximate surface area is 182 Å². The molecule has 2 fully saturated rings. The second-order valence-corrected chi connectivity index (χ2v) is 8.58. The molecule has 30 heavy (non-hydrogen) atoms. The highest BCUT2D eigenvalue weighted by atomic mass is 16.5. The number of hydrogen-bond acceptors (Lipinski definition) is 6. The lowest BCUT2D eigenvalue weighted by Gasteiger charge is -2.28. The zero-order valence-corrected chi connectivity index (χ0v) is 19.1. The van der Waals surface area contributed by atoms with Crippen molar-refractivity contribution in [1.29, 1.82) is 0 Å². The number of amides is 2. The Hall–Kier alpha value is -1.22. The van der Waals surface area contributed by atoms with Crippen LogP contribution in [0.3, 0.4) is 0 Å². The maximum absolute atomic E-state index is 12.2. The van der Waals surface area contributed by atoms with E-state index in [-0.39, 0.29) is 11.8 Å². The lowest BCUT2D eigenvalue weighted by atomic mass is 10.1. The monoisotopic (exact) mass is 426 g/mol. The van der Waals surface area contributed by atoms with Crippen molar-refractivity contribution in [3.05, 3.63) is 0 Å². The lowest BCUT2D eigenvalue weighted by molar-refractivity contribution is -0.136. The Bertz CT molecular complexity index is 450. The summed E-state index contributed by atoms with van der Waals surface area (Å²) in [6, 6.07) is 0. The van der Waals surface area contributed by atoms with Crippen LogP contribution in [0.1, 0.15) is 38.5 Å². The first-order chi connectivity index (χ1) is 14.6. The molecular weight excluding hydrogens is 384 g/mol. The third-order valence-electron chi connectivity index (χ3n) is 5.87. The topological polar surface area (TPSA) is 65.6 Å². The van der Waals surface area contributed by atoms with Gasteiger partial charge in [-0.1, -0.05) is 25.7 Å². The molecule has 0 spiro atoms. The number of morpholine rings is 2. The van der Waals surface area contributed by atoms with E-state index in [9.17, 15) is 9.59 Å². The van der Waals surface area contributed by atoms with Gasteiger partial charge in [-0.25, -0.2) is 0 Å². The van der Waals surface area contributed by atoms with Gasteiger partial charge in [-0.15, -0.1) is 0 Å². The van der Waals surface area contributed by atoms with Crippen molar-refractivity contribution in [2.75, 3.05) is 92.9 Å². The van der Waals surface area contributed by atoms with Crippen molar-refractivity contribution in [2.24, 2.45) is 0 Å². The molecule has 8 heteroatoms. The fraction of sp³-hybridized carbons (Fsp3) is 0.909. The summed E-state index contributed by atoms with van der Waals surface area (Å²) in [5.74, 6) is 0.439. The van der Waals surface area contributed by atoms with Gasteiger partial charge >= 0.3 is 0 Å². The summed E-state index contributed by atoms with van der Waals surface area (Å²) in [5, 5.41) is 0. The van der Waals surface area contributed by atoms with Crippen LogP contribution in [-0.4, -0.2) is 124 Å². The molecule has 0 aromatic carbocycles. The van der Waals surface area contributed by atoms with Gasteiger partial charge in [0.25, 0.3) is 0 Å². The number of ether oxygens (including phenoxy) is 2. The minimum atomic E-state index is 0.219. The first kappa shape index (κ1) is 25.0. The smallest absolute Gasteiger partial charge is 0.236 e. The molecule has 0 N–H and O–H groups in total. The van der Waals surface area contributed by atoms with Gasteiger partial charge in [-0.2, -0.15) is 0 Å². The molecule has 0 aromatic rings. The number of rotatable bonds is 13. The third kappa shape index (κ3) is 10.2. The van der Waals surface area contributed by atoms with Crippen molar-refractivity contribution in [3.8, 4) is 0 Å². The van der Waals surface area contributed by atoms with Crippen LogP contribution in [0, 0.1) is 0 Å². The molecule has 2 amide bonds. The predicted molar refractivity (Wildman–Crippen MR) is 117 cm³/mol. The summed E-state index contributed by atoms with van der Waals surface area (Å²) < 4.78 is 10.6. The van der Waals surface area contributed by atoms with E-state index in [1.807, 2.05) is 23.9 Å². The summed E-state index contributed by atoms with van der Waals surface area (Å²) in [6.45, 7) is 8.52. The average Bonchev–Trinajstić information content (AvgIpc) is 2.76. The first-order valence-corrected chi connectivity index (χ1v) is 11.6. The van der Waals surface area contributed by atoms with Crippen LogP contribution in [0.2, 0.25) is 0 Å². The molecule has 0 saturated carbocycles. The van der Waals surface area contributed by atoms with Crippen LogP contribution < -0.4 is 0 Å². The molecule has 2 aliphatic rings. The average molecular weight is 427 g/mol. The van der Waals surface area contributed by atoms with E-state index in [4.69, 9.17) is 9.47 Å². The van der Waals surface area contributed by atoms with E-state index in [1.165, 1.54) is 25.7 Å². The molecule has 2 saturated heterocycles. The molecular formula is C22H42N4O4. The van der Waals surface area contributed by atoms with Gasteiger partial charge in [0, 0.05) is 26.2 Å². The fourth-order valence-electron chi connectivity index (χ4n) is 3.92. The molecule has 8 nitrogen and oxygen atoms in total. The molecule has 0 bridgehead atoms. The van der Waals surface area contributed by atoms with E-state index < -0.39 is 0 Å². The normalized spacial score (nSPS) is 17.7. The van der Waals surface area contributed by atoms with Gasteiger partial charge in [0.2, 0.25) is 11.8 Å². The van der Waals surface area contributed by atoms with Gasteiger partial charge < -0.3 is 19.3 Å². The van der Waals surface area contributed by atoms with Crippen LogP contribution in [0.25, 0.3) is 0 Å². The highest BCUT2D eigenvalue weighted by molar-refractivity contribution is 5.78. The summed E-state index contributed by atoms with van der Waals surface area (Å²) in [5.41, 5.74) is 0. The molecule has 0 radical (unpaired) electrons. The van der Waals surface area contributed by atoms with Gasteiger partial charge in [-0.3, -0.25) is 19.4 Å². The minimum absolute atomic E-state index is 0.219. The Kier molecular flexibility index (Phi) is 12.3. The van der Waals surface area contributed by atoms with Crippen molar-refractivity contribution in [3.63, 3.8) is 0 Å². The quantitative estimate of drug-likeness (QED) is 0.408. The van der Waals surface area contributed by atoms with Crippen molar-refractivity contribution in [1.82, 2.24) is 19.6 Å². The number of nitrogens with zero attached hydrogens (tertiary/aromatic N) is 4. The number of carbonyl (C=O) groups excluding carboxylic acids is 2. The van der Waals surface area contributed by atoms with Crippen molar-refractivity contribution in [2.45, 2.75) is 38.5 Å². The van der Waals surface area contributed by atoms with Crippen LogP contribution >= 0.6 is 0 Å². The van der Waals surface area contributed by atoms with E-state index in [0.29, 0.717) is 39.5 Å². The van der Waals surface area contributed by atoms with Gasteiger partial charge in [0.15, 0.2) is 0 Å². The molecule has 0 aromatic heterocycles. The Morgan fingerprint density at radius 3 is 1.33 bits per heavy atom. The van der Waals surface area contributed by atoms with Crippen LogP contribution in [0.4, 0.5) is 0 Å². The molecule has 0 aliphatic carbocycles. The zero-order valence-electron chi connectivity index (χ0n) is 19.1. The number of likely N-dealkylation sites (N-methyl/N-ethyl adjacent to an activating group) is 2. The predicted octanol–water partition coefficient (Wildman–Crippen LogP) is 0.908. The van der Waals surface area contributed by atoms with Gasteiger partial charge in [0.1, 0.15) is 0 Å². The largest absolute Gasteiger partial charge is 0.378 e. The maximum Gasteiger partial charge on any atom is 0.236 e. The van der Waals surface area contributed by atoms with Crippen LogP contribution in [0.15, 0.2) is 0 Å². The lowest BCUT2D eigenvalue weighted by Crippen LogP contribution is -2.45. The van der Waals surface area contributed by atoms with E-state index in [2.05, 4.69) is 9.80 Å². The highest BCUT2D eigenvalue weighted by Gasteiger charge is 2.18. The second kappa shape index (κ2) is 14.7. The Morgan fingerprint density at radius 1 is 0.633 bits per heavy atom. The second-order valence-electron chi connectivity index (χ2n) is 8.58. The first-order valence-electron chi connectivity index (χ1n) is 11.6. The summed E-state index contributed by atoms with van der Waals surface area (Å²) in [6.07, 6.45) is 7.17. The van der Waals surface area contributed by atoms with Gasteiger partial charge in [0.05, 0.1) is 39.5 Å². The Balaban J connectivity index is 1.40. The van der Waals surface area contributed by atoms with Crippen molar-refractivity contribution < 1.29 is 19.1 Å². The standard InChI is InChI=1S/C22H42N4O4/c1-23(19-21(27)25-11-15-29-16-12-25)9-7-5-3-4-6-8-10-24(2)20-22(28)26-13-17-30-18-14-26/h3-20H2,1-2H3. The van der Waals surface area contributed by atoms with Crippen LogP contribution in [0.5, 0.6) is 0 Å². The number of hydrogen-bond donors (Lipinski definition) is 0. The van der Waals surface area contributed by atoms with E-state index in [1.54, 1.807) is 0 Å².